The van der Waals surface area contributed by atoms with Crippen LogP contribution in [0.25, 0.3) is 0 Å². The van der Waals surface area contributed by atoms with Crippen LogP contribution in [0.2, 0.25) is 10.0 Å². The van der Waals surface area contributed by atoms with Crippen molar-refractivity contribution in [2.45, 2.75) is 6.04 Å². The van der Waals surface area contributed by atoms with Crippen LogP contribution in [0, 0.1) is 0 Å². The van der Waals surface area contributed by atoms with Crippen molar-refractivity contribution < 1.29 is 5.11 Å². The molecule has 1 aromatic rings. The Morgan fingerprint density at radius 1 is 1.62 bits per heavy atom. The number of pyridine rings is 1. The fraction of sp³-hybridized carbons (Fsp3) is 0.375. The summed E-state index contributed by atoms with van der Waals surface area (Å²) in [6.45, 7) is -0.0507. The Morgan fingerprint density at radius 3 is 2.77 bits per heavy atom. The van der Waals surface area contributed by atoms with Crippen LogP contribution in [0.15, 0.2) is 12.3 Å². The molecule has 1 atom stereocenters. The fourth-order valence-electron chi connectivity index (χ4n) is 0.996. The van der Waals surface area contributed by atoms with Gasteiger partial charge in [-0.2, -0.15) is 0 Å². The van der Waals surface area contributed by atoms with Gasteiger partial charge in [-0.15, -0.1) is 0 Å². The van der Waals surface area contributed by atoms with Crippen LogP contribution in [-0.4, -0.2) is 23.7 Å². The highest BCUT2D eigenvalue weighted by molar-refractivity contribution is 6.34. The van der Waals surface area contributed by atoms with Crippen LogP contribution in [0.5, 0.6) is 0 Å². The molecular weight excluding hydrogens is 211 g/mol. The number of aliphatic hydroxyl groups is 1. The van der Waals surface area contributed by atoms with E-state index in [-0.39, 0.29) is 12.6 Å². The van der Waals surface area contributed by atoms with Crippen molar-refractivity contribution in [2.24, 2.45) is 0 Å². The van der Waals surface area contributed by atoms with Crippen LogP contribution in [0.4, 0.5) is 0 Å². The van der Waals surface area contributed by atoms with Crippen molar-refractivity contribution >= 4 is 23.2 Å². The molecule has 5 heteroatoms. The lowest BCUT2D eigenvalue weighted by Gasteiger charge is -2.13. The fourth-order valence-corrected chi connectivity index (χ4v) is 1.51. The second-order valence-electron chi connectivity index (χ2n) is 2.54. The monoisotopic (exact) mass is 220 g/mol. The zero-order chi connectivity index (χ0) is 9.84. The van der Waals surface area contributed by atoms with Gasteiger partial charge in [0.1, 0.15) is 0 Å². The summed E-state index contributed by atoms with van der Waals surface area (Å²) in [5, 5.41) is 12.8. The van der Waals surface area contributed by atoms with Crippen LogP contribution >= 0.6 is 23.2 Å². The Kier molecular flexibility index (Phi) is 3.93. The van der Waals surface area contributed by atoms with Crippen molar-refractivity contribution in [3.05, 3.63) is 28.0 Å². The Morgan fingerprint density at radius 2 is 2.31 bits per heavy atom. The Balaban J connectivity index is 2.99. The highest BCUT2D eigenvalue weighted by Crippen LogP contribution is 2.23. The molecule has 0 amide bonds. The van der Waals surface area contributed by atoms with Gasteiger partial charge >= 0.3 is 0 Å². The topological polar surface area (TPSA) is 45.1 Å². The number of likely N-dealkylation sites (N-methyl/N-ethyl adjacent to an activating group) is 1. The van der Waals surface area contributed by atoms with E-state index >= 15 is 0 Å². The first-order valence-electron chi connectivity index (χ1n) is 3.78. The molecule has 0 fully saturated rings. The first-order chi connectivity index (χ1) is 6.19. The number of aromatic nitrogens is 1. The van der Waals surface area contributed by atoms with Crippen LogP contribution < -0.4 is 5.32 Å². The van der Waals surface area contributed by atoms with E-state index in [2.05, 4.69) is 10.3 Å². The second-order valence-corrected chi connectivity index (χ2v) is 3.39. The van der Waals surface area contributed by atoms with E-state index in [0.29, 0.717) is 15.7 Å². The molecule has 0 aliphatic carbocycles. The van der Waals surface area contributed by atoms with Crippen LogP contribution in [-0.2, 0) is 0 Å². The van der Waals surface area contributed by atoms with Crippen molar-refractivity contribution in [2.75, 3.05) is 13.7 Å². The summed E-state index contributed by atoms with van der Waals surface area (Å²) in [5.41, 5.74) is 0.607. The molecular formula is C8H10Cl2N2O. The van der Waals surface area contributed by atoms with E-state index in [1.54, 1.807) is 13.1 Å². The minimum absolute atomic E-state index is 0.0507. The minimum atomic E-state index is -0.246. The third-order valence-corrected chi connectivity index (χ3v) is 2.21. The number of hydrogen-bond donors (Lipinski definition) is 2. The highest BCUT2D eigenvalue weighted by atomic mass is 35.5. The Labute approximate surface area is 86.7 Å². The molecule has 0 unspecified atom stereocenters. The van der Waals surface area contributed by atoms with Gasteiger partial charge < -0.3 is 10.4 Å². The van der Waals surface area contributed by atoms with Crippen molar-refractivity contribution in [3.8, 4) is 0 Å². The number of hydrogen-bond acceptors (Lipinski definition) is 3. The normalized spacial score (nSPS) is 12.9. The molecule has 0 bridgehead atoms. The lowest BCUT2D eigenvalue weighted by molar-refractivity contribution is 0.248. The summed E-state index contributed by atoms with van der Waals surface area (Å²) >= 11 is 11.6. The lowest BCUT2D eigenvalue weighted by Crippen LogP contribution is -2.21. The number of nitrogens with zero attached hydrogens (tertiary/aromatic N) is 1. The maximum atomic E-state index is 8.98. The summed E-state index contributed by atoms with van der Waals surface area (Å²) in [4.78, 5) is 4.03. The van der Waals surface area contributed by atoms with E-state index in [0.717, 1.165) is 0 Å². The van der Waals surface area contributed by atoms with Crippen LogP contribution in [0.3, 0.4) is 0 Å². The summed E-state index contributed by atoms with van der Waals surface area (Å²) < 4.78 is 0. The van der Waals surface area contributed by atoms with Gasteiger partial charge in [0.25, 0.3) is 0 Å². The Bertz CT molecular complexity index is 289. The van der Waals surface area contributed by atoms with Gasteiger partial charge in [0.05, 0.1) is 28.4 Å². The molecule has 0 aliphatic rings. The van der Waals surface area contributed by atoms with E-state index in [4.69, 9.17) is 28.3 Å². The molecule has 1 aromatic heterocycles. The predicted molar refractivity (Wildman–Crippen MR) is 53.1 cm³/mol. The van der Waals surface area contributed by atoms with Crippen molar-refractivity contribution in [1.29, 1.82) is 0 Å². The maximum absolute atomic E-state index is 8.98. The summed E-state index contributed by atoms with van der Waals surface area (Å²) in [7, 11) is 1.73. The molecule has 72 valence electrons. The van der Waals surface area contributed by atoms with Gasteiger partial charge in [0.2, 0.25) is 0 Å². The van der Waals surface area contributed by atoms with E-state index < -0.39 is 0 Å². The first kappa shape index (κ1) is 10.7. The largest absolute Gasteiger partial charge is 0.394 e. The van der Waals surface area contributed by atoms with E-state index in [1.165, 1.54) is 6.20 Å². The molecule has 0 aliphatic heterocycles. The second kappa shape index (κ2) is 4.77. The zero-order valence-corrected chi connectivity index (χ0v) is 8.60. The number of rotatable bonds is 3. The number of aliphatic hydroxyl groups excluding tert-OH is 1. The average Bonchev–Trinajstić information content (AvgIpc) is 2.10. The third-order valence-electron chi connectivity index (χ3n) is 1.70. The first-order valence-corrected chi connectivity index (χ1v) is 4.53. The average molecular weight is 221 g/mol. The molecule has 0 saturated heterocycles. The smallest absolute Gasteiger partial charge is 0.0783 e. The number of nitrogens with one attached hydrogen (secondary N) is 1. The molecule has 0 aromatic carbocycles. The van der Waals surface area contributed by atoms with Gasteiger partial charge in [0, 0.05) is 6.20 Å². The lowest BCUT2D eigenvalue weighted by atomic mass is 10.2. The summed E-state index contributed by atoms with van der Waals surface area (Å²) in [6.07, 6.45) is 1.50. The zero-order valence-electron chi connectivity index (χ0n) is 7.09. The van der Waals surface area contributed by atoms with Gasteiger partial charge in [-0.3, -0.25) is 4.98 Å². The maximum Gasteiger partial charge on any atom is 0.0783 e. The molecule has 0 radical (unpaired) electrons. The SMILES string of the molecule is CN[C@H](CO)c1ncc(Cl)cc1Cl. The third kappa shape index (κ3) is 2.54. The number of halogens is 2. The predicted octanol–water partition coefficient (Wildman–Crippen LogP) is 1.64. The molecule has 2 N–H and O–H groups in total. The highest BCUT2D eigenvalue weighted by Gasteiger charge is 2.13. The van der Waals surface area contributed by atoms with Crippen molar-refractivity contribution in [1.82, 2.24) is 10.3 Å². The summed E-state index contributed by atoms with van der Waals surface area (Å²) in [6, 6.07) is 1.36. The van der Waals surface area contributed by atoms with Gasteiger partial charge in [0.15, 0.2) is 0 Å². The molecule has 1 rings (SSSR count). The van der Waals surface area contributed by atoms with Crippen molar-refractivity contribution in [3.63, 3.8) is 0 Å². The molecule has 0 spiro atoms. The van der Waals surface area contributed by atoms with Gasteiger partial charge in [-0.05, 0) is 13.1 Å². The standard InChI is InChI=1S/C8H10Cl2N2O/c1-11-7(4-13)8-6(10)2-5(9)3-12-8/h2-3,7,11,13H,4H2,1H3/t7-/m1/s1. The quantitative estimate of drug-likeness (QED) is 0.815. The van der Waals surface area contributed by atoms with Crippen LogP contribution in [0.1, 0.15) is 11.7 Å². The van der Waals surface area contributed by atoms with E-state index in [1.807, 2.05) is 0 Å². The van der Waals surface area contributed by atoms with Gasteiger partial charge in [-0.1, -0.05) is 23.2 Å². The Hall–Kier alpha value is -0.350. The van der Waals surface area contributed by atoms with E-state index in [9.17, 15) is 0 Å². The molecule has 0 saturated carbocycles. The van der Waals surface area contributed by atoms with Gasteiger partial charge in [-0.25, -0.2) is 0 Å². The molecule has 3 nitrogen and oxygen atoms in total. The molecule has 1 heterocycles. The molecule has 13 heavy (non-hydrogen) atoms. The summed E-state index contributed by atoms with van der Waals surface area (Å²) in [5.74, 6) is 0. The minimum Gasteiger partial charge on any atom is -0.394 e.